The van der Waals surface area contributed by atoms with E-state index >= 15 is 0 Å². The van der Waals surface area contributed by atoms with E-state index in [0.29, 0.717) is 12.8 Å². The highest BCUT2D eigenvalue weighted by Gasteiger charge is 2.21. The number of carbonyl (C=O) groups is 2. The van der Waals surface area contributed by atoms with Crippen LogP contribution in [0.1, 0.15) is 130 Å². The summed E-state index contributed by atoms with van der Waals surface area (Å²) in [6.45, 7) is 5.71. The fourth-order valence-corrected chi connectivity index (χ4v) is 2.82. The van der Waals surface area contributed by atoms with Gasteiger partial charge in [0.25, 0.3) is 0 Å². The summed E-state index contributed by atoms with van der Waals surface area (Å²) in [5.74, 6) is -1.10. The van der Waals surface area contributed by atoms with E-state index < -0.39 is 17.4 Å². The van der Waals surface area contributed by atoms with Gasteiger partial charge in [-0.05, 0) is 19.8 Å². The van der Waals surface area contributed by atoms with Crippen molar-refractivity contribution in [3.63, 3.8) is 0 Å². The first-order chi connectivity index (χ1) is 13.3. The molecule has 1 unspecified atom stereocenters. The Morgan fingerprint density at radius 1 is 0.714 bits per heavy atom. The van der Waals surface area contributed by atoms with Gasteiger partial charge in [0.1, 0.15) is 0 Å². The second kappa shape index (κ2) is 20.6. The number of nitrogens with two attached hydrogens (primary N) is 2. The van der Waals surface area contributed by atoms with Crippen LogP contribution in [-0.4, -0.2) is 22.5 Å². The van der Waals surface area contributed by atoms with E-state index in [1.54, 1.807) is 6.92 Å². The lowest BCUT2D eigenvalue weighted by molar-refractivity contribution is -0.137. The minimum atomic E-state index is -0.819. The molecule has 0 aromatic rings. The standard InChI is InChI=1S/C18H36O2.C5H12N2O/c1-2-3-4-5-6-7-8-9-10-11-12-13-14-15-16-17-18(19)20;1-3-5(2,7)4(6)8/h2-17H2,1H3,(H,19,20);3,7H2,1-2H3,(H2,6,8). The van der Waals surface area contributed by atoms with Gasteiger partial charge in [0, 0.05) is 6.42 Å². The molecule has 168 valence electrons. The third kappa shape index (κ3) is 22.9. The molecule has 5 N–H and O–H groups in total. The molecule has 0 bridgehead atoms. The van der Waals surface area contributed by atoms with E-state index in [0.717, 1.165) is 12.8 Å². The van der Waals surface area contributed by atoms with Crippen molar-refractivity contribution in [2.24, 2.45) is 11.5 Å². The molecule has 0 aliphatic heterocycles. The summed E-state index contributed by atoms with van der Waals surface area (Å²) >= 11 is 0. The van der Waals surface area contributed by atoms with Crippen molar-refractivity contribution in [1.29, 1.82) is 0 Å². The molecule has 0 saturated carbocycles. The second-order valence-electron chi connectivity index (χ2n) is 8.23. The molecule has 1 amide bonds. The lowest BCUT2D eigenvalue weighted by Gasteiger charge is -2.16. The summed E-state index contributed by atoms with van der Waals surface area (Å²) in [5, 5.41) is 8.52. The highest BCUT2D eigenvalue weighted by Crippen LogP contribution is 2.13. The third-order valence-corrected chi connectivity index (χ3v) is 5.29. The topological polar surface area (TPSA) is 106 Å². The quantitative estimate of drug-likeness (QED) is 0.248. The molecule has 28 heavy (non-hydrogen) atoms. The fraction of sp³-hybridized carbons (Fsp3) is 0.913. The van der Waals surface area contributed by atoms with Crippen molar-refractivity contribution in [2.45, 2.75) is 135 Å². The van der Waals surface area contributed by atoms with Crippen LogP contribution in [0.2, 0.25) is 0 Å². The molecule has 0 aromatic heterocycles. The Labute approximate surface area is 174 Å². The Morgan fingerprint density at radius 2 is 1.04 bits per heavy atom. The molecule has 0 radical (unpaired) electrons. The van der Waals surface area contributed by atoms with E-state index in [1.807, 2.05) is 6.92 Å². The first-order valence-corrected chi connectivity index (χ1v) is 11.6. The Bertz CT molecular complexity index is 371. The van der Waals surface area contributed by atoms with E-state index in [-0.39, 0.29) is 0 Å². The Morgan fingerprint density at radius 3 is 1.25 bits per heavy atom. The van der Waals surface area contributed by atoms with Crippen LogP contribution >= 0.6 is 0 Å². The van der Waals surface area contributed by atoms with Crippen molar-refractivity contribution in [3.8, 4) is 0 Å². The number of amides is 1. The maximum absolute atomic E-state index is 10.3. The van der Waals surface area contributed by atoms with Crippen LogP contribution in [0.25, 0.3) is 0 Å². The predicted octanol–water partition coefficient (Wildman–Crippen LogP) is 5.93. The smallest absolute Gasteiger partial charge is 0.303 e. The molecule has 0 aliphatic carbocycles. The molecular formula is C23H48N2O3. The summed E-state index contributed by atoms with van der Waals surface area (Å²) in [7, 11) is 0. The van der Waals surface area contributed by atoms with E-state index in [1.165, 1.54) is 83.5 Å². The van der Waals surface area contributed by atoms with Crippen LogP contribution < -0.4 is 11.5 Å². The number of carboxylic acids is 1. The molecule has 1 atom stereocenters. The molecule has 0 aromatic carbocycles. The van der Waals surface area contributed by atoms with E-state index in [2.05, 4.69) is 6.92 Å². The molecule has 0 heterocycles. The van der Waals surface area contributed by atoms with Gasteiger partial charge >= 0.3 is 5.97 Å². The molecule has 0 fully saturated rings. The van der Waals surface area contributed by atoms with Crippen LogP contribution in [0.3, 0.4) is 0 Å². The predicted molar refractivity (Wildman–Crippen MR) is 119 cm³/mol. The van der Waals surface area contributed by atoms with Gasteiger partial charge in [0.15, 0.2) is 0 Å². The SMILES string of the molecule is CCC(C)(N)C(N)=O.CCCCCCCCCCCCCCCCCC(=O)O. The zero-order chi connectivity index (χ0) is 21.7. The minimum Gasteiger partial charge on any atom is -0.481 e. The molecule has 0 rings (SSSR count). The van der Waals surface area contributed by atoms with Crippen molar-refractivity contribution >= 4 is 11.9 Å². The van der Waals surface area contributed by atoms with Crippen molar-refractivity contribution in [2.75, 3.05) is 0 Å². The number of rotatable bonds is 18. The largest absolute Gasteiger partial charge is 0.481 e. The number of hydrogen-bond donors (Lipinski definition) is 3. The summed E-state index contributed by atoms with van der Waals surface area (Å²) in [6.07, 6.45) is 20.8. The van der Waals surface area contributed by atoms with Crippen molar-refractivity contribution in [3.05, 3.63) is 0 Å². The average molecular weight is 401 g/mol. The summed E-state index contributed by atoms with van der Waals surface area (Å²) in [6, 6.07) is 0. The van der Waals surface area contributed by atoms with Gasteiger partial charge in [-0.3, -0.25) is 9.59 Å². The van der Waals surface area contributed by atoms with Gasteiger partial charge in [-0.1, -0.05) is 104 Å². The Hall–Kier alpha value is -1.10. The molecule has 5 nitrogen and oxygen atoms in total. The highest BCUT2D eigenvalue weighted by atomic mass is 16.4. The Kier molecular flexibility index (Phi) is 21.4. The van der Waals surface area contributed by atoms with Gasteiger partial charge in [0.2, 0.25) is 5.91 Å². The zero-order valence-corrected chi connectivity index (χ0v) is 18.9. The van der Waals surface area contributed by atoms with Gasteiger partial charge in [0.05, 0.1) is 5.54 Å². The molecule has 0 spiro atoms. The first kappa shape index (κ1) is 29.1. The zero-order valence-electron chi connectivity index (χ0n) is 18.9. The van der Waals surface area contributed by atoms with E-state index in [9.17, 15) is 9.59 Å². The van der Waals surface area contributed by atoms with Crippen molar-refractivity contribution in [1.82, 2.24) is 0 Å². The van der Waals surface area contributed by atoms with Crippen molar-refractivity contribution < 1.29 is 14.7 Å². The summed E-state index contributed by atoms with van der Waals surface area (Å²) in [5.41, 5.74) is 9.48. The molecule has 0 saturated heterocycles. The second-order valence-corrected chi connectivity index (χ2v) is 8.23. The third-order valence-electron chi connectivity index (χ3n) is 5.29. The van der Waals surface area contributed by atoms with Crippen LogP contribution in [0.15, 0.2) is 0 Å². The number of hydrogen-bond acceptors (Lipinski definition) is 3. The highest BCUT2D eigenvalue weighted by molar-refractivity contribution is 5.83. The normalized spacial score (nSPS) is 12.7. The number of carboxylic acid groups (broad SMARTS) is 1. The molecule has 5 heteroatoms. The van der Waals surface area contributed by atoms with Crippen LogP contribution in [0.4, 0.5) is 0 Å². The first-order valence-electron chi connectivity index (χ1n) is 11.6. The number of carbonyl (C=O) groups excluding carboxylic acids is 1. The lowest BCUT2D eigenvalue weighted by atomic mass is 10.0. The number of primary amides is 1. The van der Waals surface area contributed by atoms with Gasteiger partial charge in [-0.2, -0.15) is 0 Å². The number of unbranched alkanes of at least 4 members (excludes halogenated alkanes) is 14. The minimum absolute atomic E-state index is 0.345. The summed E-state index contributed by atoms with van der Waals surface area (Å²) < 4.78 is 0. The van der Waals surface area contributed by atoms with Crippen LogP contribution in [-0.2, 0) is 9.59 Å². The van der Waals surface area contributed by atoms with Crippen LogP contribution in [0.5, 0.6) is 0 Å². The maximum atomic E-state index is 10.3. The molecule has 0 aliphatic rings. The lowest BCUT2D eigenvalue weighted by Crippen LogP contribution is -2.48. The van der Waals surface area contributed by atoms with Gasteiger partial charge in [-0.15, -0.1) is 0 Å². The van der Waals surface area contributed by atoms with Crippen LogP contribution in [0, 0.1) is 0 Å². The monoisotopic (exact) mass is 400 g/mol. The average Bonchev–Trinajstić information content (AvgIpc) is 2.65. The van der Waals surface area contributed by atoms with E-state index in [4.69, 9.17) is 16.6 Å². The summed E-state index contributed by atoms with van der Waals surface area (Å²) in [4.78, 5) is 20.7. The fourth-order valence-electron chi connectivity index (χ4n) is 2.82. The van der Waals surface area contributed by atoms with Gasteiger partial charge < -0.3 is 16.6 Å². The Balaban J connectivity index is 0. The number of aliphatic carboxylic acids is 1. The maximum Gasteiger partial charge on any atom is 0.303 e. The molecular weight excluding hydrogens is 352 g/mol. The van der Waals surface area contributed by atoms with Gasteiger partial charge in [-0.25, -0.2) is 0 Å².